The van der Waals surface area contributed by atoms with Crippen molar-refractivity contribution in [3.05, 3.63) is 75.7 Å². The lowest BCUT2D eigenvalue weighted by molar-refractivity contribution is -0.121. The lowest BCUT2D eigenvalue weighted by atomic mass is 10.0. The van der Waals surface area contributed by atoms with Crippen LogP contribution in [-0.4, -0.2) is 31.0 Å². The quantitative estimate of drug-likeness (QED) is 0.351. The van der Waals surface area contributed by atoms with Gasteiger partial charge in [0.05, 0.1) is 24.5 Å². The summed E-state index contributed by atoms with van der Waals surface area (Å²) in [6.07, 6.45) is 1.94. The van der Waals surface area contributed by atoms with Gasteiger partial charge >= 0.3 is 10.3 Å². The minimum atomic E-state index is -4.43. The van der Waals surface area contributed by atoms with Gasteiger partial charge in [-0.15, -0.1) is 11.3 Å². The van der Waals surface area contributed by atoms with Crippen molar-refractivity contribution in [2.24, 2.45) is 0 Å². The van der Waals surface area contributed by atoms with Crippen molar-refractivity contribution in [3.8, 4) is 5.75 Å². The van der Waals surface area contributed by atoms with Crippen molar-refractivity contribution in [2.75, 3.05) is 11.8 Å². The number of aromatic nitrogens is 1. The summed E-state index contributed by atoms with van der Waals surface area (Å²) in [6, 6.07) is 13.9. The molecular weight excluding hydrogens is 462 g/mol. The first-order chi connectivity index (χ1) is 15.8. The maximum absolute atomic E-state index is 12.8. The number of anilines is 1. The van der Waals surface area contributed by atoms with Crippen LogP contribution < -0.4 is 14.8 Å². The van der Waals surface area contributed by atoms with Gasteiger partial charge < -0.3 is 10.1 Å². The largest absolute Gasteiger partial charge is 0.497 e. The van der Waals surface area contributed by atoms with Crippen LogP contribution >= 0.6 is 11.3 Å². The Kier molecular flexibility index (Phi) is 8.43. The molecule has 1 amide bonds. The second-order valence-corrected chi connectivity index (χ2v) is 9.48. The van der Waals surface area contributed by atoms with Crippen molar-refractivity contribution in [3.63, 3.8) is 0 Å². The number of hydrogen-bond donors (Lipinski definition) is 3. The van der Waals surface area contributed by atoms with Gasteiger partial charge in [-0.25, -0.2) is 4.98 Å². The van der Waals surface area contributed by atoms with Crippen LogP contribution in [0.25, 0.3) is 0 Å². The van der Waals surface area contributed by atoms with E-state index in [1.807, 2.05) is 36.6 Å². The molecule has 1 unspecified atom stereocenters. The van der Waals surface area contributed by atoms with Gasteiger partial charge in [0.1, 0.15) is 10.8 Å². The molecule has 0 aliphatic carbocycles. The van der Waals surface area contributed by atoms with E-state index in [4.69, 9.17) is 4.74 Å². The minimum Gasteiger partial charge on any atom is -0.497 e. The van der Waals surface area contributed by atoms with Crippen molar-refractivity contribution in [1.29, 1.82) is 0 Å². The molecule has 0 saturated heterocycles. The van der Waals surface area contributed by atoms with Crippen molar-refractivity contribution in [1.82, 2.24) is 10.3 Å². The summed E-state index contributed by atoms with van der Waals surface area (Å²) in [6.45, 7) is 2.01. The van der Waals surface area contributed by atoms with Crippen LogP contribution in [0.5, 0.6) is 5.75 Å². The van der Waals surface area contributed by atoms with Crippen molar-refractivity contribution < 1.29 is 22.5 Å². The van der Waals surface area contributed by atoms with E-state index in [2.05, 4.69) is 15.0 Å². The molecule has 10 heteroatoms. The maximum Gasteiger partial charge on any atom is 0.357 e. The standard InChI is InChI=1S/C23H27N3O5S2/c1-3-18-15-32-23(24-18)21(14-17-6-4-5-7-20(17)26-33(28,29)30)25-22(27)13-10-16-8-11-19(31-2)12-9-16/h4-9,11-12,15,21,26H,3,10,13-14H2,1-2H3,(H,25,27)(H,28,29,30). The Labute approximate surface area is 197 Å². The number of ether oxygens (including phenoxy) is 1. The molecule has 1 aromatic heterocycles. The molecule has 0 aliphatic heterocycles. The number of thiazole rings is 1. The molecule has 1 atom stereocenters. The zero-order chi connectivity index (χ0) is 23.8. The van der Waals surface area contributed by atoms with Crippen LogP contribution in [0.2, 0.25) is 0 Å². The van der Waals surface area contributed by atoms with Gasteiger partial charge in [0, 0.05) is 18.2 Å². The Morgan fingerprint density at radius 1 is 1.18 bits per heavy atom. The average molecular weight is 490 g/mol. The summed E-state index contributed by atoms with van der Waals surface area (Å²) in [5.41, 5.74) is 2.83. The van der Waals surface area contributed by atoms with Crippen LogP contribution in [0, 0.1) is 0 Å². The predicted molar refractivity (Wildman–Crippen MR) is 129 cm³/mol. The van der Waals surface area contributed by atoms with Crippen LogP contribution in [0.4, 0.5) is 5.69 Å². The fraction of sp³-hybridized carbons (Fsp3) is 0.304. The first-order valence-corrected chi connectivity index (χ1v) is 12.8. The van der Waals surface area contributed by atoms with E-state index in [1.54, 1.807) is 31.4 Å². The average Bonchev–Trinajstić information content (AvgIpc) is 3.27. The van der Waals surface area contributed by atoms with E-state index in [1.165, 1.54) is 11.3 Å². The number of nitrogens with one attached hydrogen (secondary N) is 2. The highest BCUT2D eigenvalue weighted by Crippen LogP contribution is 2.27. The Morgan fingerprint density at radius 3 is 2.55 bits per heavy atom. The van der Waals surface area contributed by atoms with Gasteiger partial charge in [-0.2, -0.15) is 8.42 Å². The third kappa shape index (κ3) is 7.55. The second-order valence-electron chi connectivity index (χ2n) is 7.44. The molecule has 3 N–H and O–H groups in total. The molecule has 0 fully saturated rings. The highest BCUT2D eigenvalue weighted by Gasteiger charge is 2.21. The Balaban J connectivity index is 1.75. The topological polar surface area (TPSA) is 118 Å². The minimum absolute atomic E-state index is 0.135. The molecule has 0 saturated carbocycles. The number of carbonyl (C=O) groups is 1. The molecule has 0 spiro atoms. The molecule has 2 aromatic carbocycles. The number of methoxy groups -OCH3 is 1. The number of hydrogen-bond acceptors (Lipinski definition) is 6. The smallest absolute Gasteiger partial charge is 0.357 e. The van der Waals surface area contributed by atoms with E-state index in [9.17, 15) is 17.8 Å². The Hall–Kier alpha value is -2.95. The highest BCUT2D eigenvalue weighted by atomic mass is 32.2. The molecule has 0 aliphatic rings. The fourth-order valence-corrected chi connectivity index (χ4v) is 4.75. The van der Waals surface area contributed by atoms with Gasteiger partial charge in [-0.3, -0.25) is 14.1 Å². The molecule has 3 rings (SSSR count). The van der Waals surface area contributed by atoms with Crippen molar-refractivity contribution in [2.45, 2.75) is 38.6 Å². The van der Waals surface area contributed by atoms with Gasteiger partial charge in [-0.1, -0.05) is 37.3 Å². The third-order valence-corrected chi connectivity index (χ3v) is 6.53. The number of aryl methyl sites for hydroxylation is 2. The zero-order valence-electron chi connectivity index (χ0n) is 18.4. The number of rotatable bonds is 11. The molecule has 3 aromatic rings. The molecule has 0 radical (unpaired) electrons. The molecular formula is C23H27N3O5S2. The summed E-state index contributed by atoms with van der Waals surface area (Å²) in [5, 5.41) is 5.74. The van der Waals surface area contributed by atoms with E-state index < -0.39 is 16.3 Å². The number of amides is 1. The fourth-order valence-electron chi connectivity index (χ4n) is 3.32. The van der Waals surface area contributed by atoms with Gasteiger partial charge in [-0.05, 0) is 42.2 Å². The van der Waals surface area contributed by atoms with Gasteiger partial charge in [0.25, 0.3) is 0 Å². The van der Waals surface area contributed by atoms with Gasteiger partial charge in [0.2, 0.25) is 5.91 Å². The predicted octanol–water partition coefficient (Wildman–Crippen LogP) is 3.96. The van der Waals surface area contributed by atoms with E-state index in [-0.39, 0.29) is 11.6 Å². The van der Waals surface area contributed by atoms with Crippen LogP contribution in [0.15, 0.2) is 53.9 Å². The summed E-state index contributed by atoms with van der Waals surface area (Å²) < 4.78 is 39.2. The van der Waals surface area contributed by atoms with Crippen LogP contribution in [-0.2, 0) is 34.4 Å². The number of para-hydroxylation sites is 1. The monoisotopic (exact) mass is 489 g/mol. The van der Waals surface area contributed by atoms with Crippen molar-refractivity contribution >= 4 is 33.2 Å². The van der Waals surface area contributed by atoms with Crippen LogP contribution in [0.3, 0.4) is 0 Å². The molecule has 8 nitrogen and oxygen atoms in total. The highest BCUT2D eigenvalue weighted by molar-refractivity contribution is 7.87. The van der Waals surface area contributed by atoms with Gasteiger partial charge in [0.15, 0.2) is 0 Å². The summed E-state index contributed by atoms with van der Waals surface area (Å²) >= 11 is 1.45. The maximum atomic E-state index is 12.8. The molecule has 33 heavy (non-hydrogen) atoms. The number of benzene rings is 2. The summed E-state index contributed by atoms with van der Waals surface area (Å²) in [4.78, 5) is 17.4. The third-order valence-electron chi connectivity index (χ3n) is 5.05. The second kappa shape index (κ2) is 11.3. The Bertz CT molecular complexity index is 1180. The zero-order valence-corrected chi connectivity index (χ0v) is 20.1. The van der Waals surface area contributed by atoms with E-state index in [0.29, 0.717) is 24.8 Å². The molecule has 1 heterocycles. The molecule has 176 valence electrons. The summed E-state index contributed by atoms with van der Waals surface area (Å²) in [7, 11) is -2.82. The van der Waals surface area contributed by atoms with E-state index >= 15 is 0 Å². The first kappa shape index (κ1) is 24.7. The number of carbonyl (C=O) groups excluding carboxylic acids is 1. The number of nitrogens with zero attached hydrogens (tertiary/aromatic N) is 1. The normalized spacial score (nSPS) is 12.2. The molecule has 0 bridgehead atoms. The van der Waals surface area contributed by atoms with E-state index in [0.717, 1.165) is 28.4 Å². The lowest BCUT2D eigenvalue weighted by Crippen LogP contribution is -2.30. The Morgan fingerprint density at radius 2 is 1.91 bits per heavy atom. The lowest BCUT2D eigenvalue weighted by Gasteiger charge is -2.19. The SMILES string of the molecule is CCc1csc(C(Cc2ccccc2NS(=O)(=O)O)NC(=O)CCc2ccc(OC)cc2)n1. The van der Waals surface area contributed by atoms with Crippen LogP contribution in [0.1, 0.15) is 41.2 Å². The summed E-state index contributed by atoms with van der Waals surface area (Å²) in [5.74, 6) is 0.625. The first-order valence-electron chi connectivity index (χ1n) is 10.5.